The molecule has 1 heterocycles. The van der Waals surface area contributed by atoms with Gasteiger partial charge < -0.3 is 0 Å². The maximum atomic E-state index is 2.69. The van der Waals surface area contributed by atoms with Crippen LogP contribution in [0.5, 0.6) is 0 Å². The summed E-state index contributed by atoms with van der Waals surface area (Å²) in [6.45, 7) is 18.8. The molecule has 1 unspecified atom stereocenters. The third-order valence-corrected chi connectivity index (χ3v) is 3.96. The molecule has 0 bridgehead atoms. The lowest BCUT2D eigenvalue weighted by Gasteiger charge is -2.50. The molecule has 1 fully saturated rings. The fraction of sp³-hybridized carbons (Fsp3) is 1.00. The highest BCUT2D eigenvalue weighted by Crippen LogP contribution is 2.24. The number of rotatable bonds is 3. The zero-order valence-corrected chi connectivity index (χ0v) is 12.2. The summed E-state index contributed by atoms with van der Waals surface area (Å²) in [5.41, 5.74) is 0. The third-order valence-electron chi connectivity index (χ3n) is 3.96. The average molecular weight is 226 g/mol. The highest BCUT2D eigenvalue weighted by Gasteiger charge is 2.35. The van der Waals surface area contributed by atoms with Crippen molar-refractivity contribution in [3.8, 4) is 0 Å². The lowest BCUT2D eigenvalue weighted by molar-refractivity contribution is -0.0166. The Hall–Kier alpha value is -0.0800. The van der Waals surface area contributed by atoms with Crippen LogP contribution in [0, 0.1) is 5.92 Å². The van der Waals surface area contributed by atoms with Gasteiger partial charge in [-0.2, -0.15) is 0 Å². The van der Waals surface area contributed by atoms with Crippen LogP contribution < -0.4 is 0 Å². The van der Waals surface area contributed by atoms with Gasteiger partial charge >= 0.3 is 0 Å². The monoisotopic (exact) mass is 226 g/mol. The highest BCUT2D eigenvalue weighted by molar-refractivity contribution is 4.90. The predicted octanol–water partition coefficient (Wildman–Crippen LogP) is 2.83. The molecule has 2 atom stereocenters. The van der Waals surface area contributed by atoms with E-state index in [0.717, 1.165) is 12.0 Å². The van der Waals surface area contributed by atoms with E-state index in [4.69, 9.17) is 0 Å². The van der Waals surface area contributed by atoms with Gasteiger partial charge in [0.2, 0.25) is 0 Å². The first kappa shape index (κ1) is 14.0. The van der Waals surface area contributed by atoms with Crippen molar-refractivity contribution in [1.29, 1.82) is 0 Å². The highest BCUT2D eigenvalue weighted by atomic mass is 15.3. The third kappa shape index (κ3) is 2.98. The van der Waals surface area contributed by atoms with Crippen LogP contribution in [-0.4, -0.2) is 47.1 Å². The Labute approximate surface area is 102 Å². The SMILES string of the molecule is CC(C)C1CN(C(C)C)[C@@H](C)CN1C(C)C. The van der Waals surface area contributed by atoms with E-state index in [1.807, 2.05) is 0 Å². The molecule has 0 aromatic heterocycles. The topological polar surface area (TPSA) is 6.48 Å². The van der Waals surface area contributed by atoms with E-state index >= 15 is 0 Å². The standard InChI is InChI=1S/C14H30N2/c1-10(2)14-9-15(11(3)4)13(7)8-16(14)12(5)6/h10-14H,8-9H2,1-7H3/t13-,14?/m0/s1. The fourth-order valence-electron chi connectivity index (χ4n) is 2.95. The summed E-state index contributed by atoms with van der Waals surface area (Å²) in [6.07, 6.45) is 0. The summed E-state index contributed by atoms with van der Waals surface area (Å²) in [4.78, 5) is 5.34. The molecular weight excluding hydrogens is 196 g/mol. The van der Waals surface area contributed by atoms with Crippen LogP contribution in [0.25, 0.3) is 0 Å². The number of piperazine rings is 1. The lowest BCUT2D eigenvalue weighted by atomic mass is 9.95. The average Bonchev–Trinajstić information content (AvgIpc) is 2.15. The van der Waals surface area contributed by atoms with Crippen LogP contribution in [-0.2, 0) is 0 Å². The maximum absolute atomic E-state index is 2.69. The fourth-order valence-corrected chi connectivity index (χ4v) is 2.95. The summed E-state index contributed by atoms with van der Waals surface area (Å²) in [5.74, 6) is 0.746. The van der Waals surface area contributed by atoms with Gasteiger partial charge in [-0.25, -0.2) is 0 Å². The van der Waals surface area contributed by atoms with Crippen molar-refractivity contribution >= 4 is 0 Å². The van der Waals surface area contributed by atoms with Crippen molar-refractivity contribution in [3.05, 3.63) is 0 Å². The maximum Gasteiger partial charge on any atom is 0.0249 e. The molecule has 0 aromatic rings. The van der Waals surface area contributed by atoms with Gasteiger partial charge in [0.05, 0.1) is 0 Å². The summed E-state index contributed by atoms with van der Waals surface area (Å²) in [6, 6.07) is 2.76. The quantitative estimate of drug-likeness (QED) is 0.730. The van der Waals surface area contributed by atoms with Crippen molar-refractivity contribution in [2.75, 3.05) is 13.1 Å². The van der Waals surface area contributed by atoms with Crippen molar-refractivity contribution in [3.63, 3.8) is 0 Å². The van der Waals surface area contributed by atoms with Crippen molar-refractivity contribution < 1.29 is 0 Å². The molecule has 0 spiro atoms. The lowest BCUT2D eigenvalue weighted by Crippen LogP contribution is -2.62. The van der Waals surface area contributed by atoms with Crippen molar-refractivity contribution in [2.45, 2.75) is 72.6 Å². The van der Waals surface area contributed by atoms with Gasteiger partial charge in [-0.15, -0.1) is 0 Å². The molecule has 0 amide bonds. The second-order valence-corrected chi connectivity index (χ2v) is 6.24. The van der Waals surface area contributed by atoms with Gasteiger partial charge in [0.1, 0.15) is 0 Å². The molecule has 1 aliphatic heterocycles. The Morgan fingerprint density at radius 3 is 1.69 bits per heavy atom. The van der Waals surface area contributed by atoms with Gasteiger partial charge in [0, 0.05) is 37.3 Å². The molecule has 0 radical (unpaired) electrons. The minimum atomic E-state index is 0.671. The second kappa shape index (κ2) is 5.50. The zero-order valence-electron chi connectivity index (χ0n) is 12.2. The van der Waals surface area contributed by atoms with Crippen LogP contribution in [0.3, 0.4) is 0 Å². The molecule has 2 heteroatoms. The smallest absolute Gasteiger partial charge is 0.0249 e. The Morgan fingerprint density at radius 2 is 1.31 bits per heavy atom. The molecule has 0 aromatic carbocycles. The first-order chi connectivity index (χ1) is 7.34. The molecule has 1 saturated heterocycles. The minimum Gasteiger partial charge on any atom is -0.295 e. The van der Waals surface area contributed by atoms with Crippen LogP contribution in [0.15, 0.2) is 0 Å². The summed E-state index contributed by atoms with van der Waals surface area (Å²) in [7, 11) is 0. The van der Waals surface area contributed by atoms with Gasteiger partial charge in [0.25, 0.3) is 0 Å². The minimum absolute atomic E-state index is 0.671. The summed E-state index contributed by atoms with van der Waals surface area (Å²) in [5, 5.41) is 0. The normalized spacial score (nSPS) is 29.6. The predicted molar refractivity (Wildman–Crippen MR) is 71.8 cm³/mol. The van der Waals surface area contributed by atoms with E-state index in [0.29, 0.717) is 18.1 Å². The van der Waals surface area contributed by atoms with Crippen LogP contribution >= 0.6 is 0 Å². The Balaban J connectivity index is 2.78. The van der Waals surface area contributed by atoms with Crippen molar-refractivity contribution in [2.24, 2.45) is 5.92 Å². The molecule has 2 nitrogen and oxygen atoms in total. The first-order valence-corrected chi connectivity index (χ1v) is 6.86. The summed E-state index contributed by atoms with van der Waals surface area (Å²) < 4.78 is 0. The Kier molecular flexibility index (Phi) is 4.81. The zero-order chi connectivity index (χ0) is 12.5. The second-order valence-electron chi connectivity index (χ2n) is 6.24. The van der Waals surface area contributed by atoms with E-state index in [1.165, 1.54) is 13.1 Å². The molecule has 1 aliphatic rings. The van der Waals surface area contributed by atoms with Crippen molar-refractivity contribution in [1.82, 2.24) is 9.80 Å². The van der Waals surface area contributed by atoms with Gasteiger partial charge in [-0.1, -0.05) is 13.8 Å². The number of hydrogen-bond acceptors (Lipinski definition) is 2. The molecule has 0 aliphatic carbocycles. The summed E-state index contributed by atoms with van der Waals surface area (Å²) >= 11 is 0. The van der Waals surface area contributed by atoms with E-state index < -0.39 is 0 Å². The van der Waals surface area contributed by atoms with Gasteiger partial charge in [0.15, 0.2) is 0 Å². The Morgan fingerprint density at radius 1 is 0.812 bits per heavy atom. The number of nitrogens with zero attached hydrogens (tertiary/aromatic N) is 2. The van der Waals surface area contributed by atoms with Gasteiger partial charge in [-0.3, -0.25) is 9.80 Å². The molecule has 16 heavy (non-hydrogen) atoms. The first-order valence-electron chi connectivity index (χ1n) is 6.86. The molecular formula is C14H30N2. The van der Waals surface area contributed by atoms with Crippen LogP contribution in [0.4, 0.5) is 0 Å². The molecule has 0 N–H and O–H groups in total. The van der Waals surface area contributed by atoms with Crippen LogP contribution in [0.2, 0.25) is 0 Å². The Bertz CT molecular complexity index is 211. The molecule has 0 saturated carbocycles. The van der Waals surface area contributed by atoms with Gasteiger partial charge in [-0.05, 0) is 40.5 Å². The van der Waals surface area contributed by atoms with E-state index in [9.17, 15) is 0 Å². The largest absolute Gasteiger partial charge is 0.295 e. The van der Waals surface area contributed by atoms with E-state index in [1.54, 1.807) is 0 Å². The van der Waals surface area contributed by atoms with E-state index in [-0.39, 0.29) is 0 Å². The number of hydrogen-bond donors (Lipinski definition) is 0. The van der Waals surface area contributed by atoms with E-state index in [2.05, 4.69) is 58.3 Å². The molecule has 1 rings (SSSR count). The molecule has 96 valence electrons. The van der Waals surface area contributed by atoms with Crippen LogP contribution in [0.1, 0.15) is 48.5 Å².